The van der Waals surface area contributed by atoms with Crippen LogP contribution in [0.5, 0.6) is 0 Å². The van der Waals surface area contributed by atoms with Gasteiger partial charge in [0, 0.05) is 19.2 Å². The van der Waals surface area contributed by atoms with E-state index in [1.165, 1.54) is 19.3 Å². The molecule has 1 atom stereocenters. The fourth-order valence-electron chi connectivity index (χ4n) is 2.63. The molecule has 0 unspecified atom stereocenters. The maximum absolute atomic E-state index is 5.87. The van der Waals surface area contributed by atoms with Crippen molar-refractivity contribution in [3.63, 3.8) is 0 Å². The number of nitrogens with zero attached hydrogens (tertiary/aromatic N) is 5. The van der Waals surface area contributed by atoms with Gasteiger partial charge in [-0.2, -0.15) is 5.10 Å². The minimum atomic E-state index is 0.0651. The molecule has 3 rings (SSSR count). The van der Waals surface area contributed by atoms with Crippen molar-refractivity contribution in [1.82, 2.24) is 24.5 Å². The molecular formula is C13H20N6. The van der Waals surface area contributed by atoms with Gasteiger partial charge in [0.1, 0.15) is 11.9 Å². The van der Waals surface area contributed by atoms with Crippen molar-refractivity contribution in [2.24, 2.45) is 0 Å². The van der Waals surface area contributed by atoms with Crippen molar-refractivity contribution in [3.8, 4) is 0 Å². The van der Waals surface area contributed by atoms with Crippen LogP contribution in [-0.2, 0) is 13.0 Å². The van der Waals surface area contributed by atoms with Crippen molar-refractivity contribution in [2.75, 3.05) is 5.73 Å². The number of anilines is 1. The number of hydrogen-bond acceptors (Lipinski definition) is 4. The van der Waals surface area contributed by atoms with Crippen LogP contribution >= 0.6 is 0 Å². The van der Waals surface area contributed by atoms with Crippen LogP contribution in [0.1, 0.15) is 49.6 Å². The lowest BCUT2D eigenvalue weighted by molar-refractivity contribution is 0.492. The minimum absolute atomic E-state index is 0.0651. The molecule has 2 aromatic heterocycles. The van der Waals surface area contributed by atoms with Gasteiger partial charge in [-0.15, -0.1) is 10.2 Å². The second kappa shape index (κ2) is 4.68. The number of hydrogen-bond donors (Lipinski definition) is 1. The minimum Gasteiger partial charge on any atom is -0.396 e. The molecule has 0 amide bonds. The fraction of sp³-hybridized carbons (Fsp3) is 0.615. The van der Waals surface area contributed by atoms with Crippen LogP contribution in [0.15, 0.2) is 6.20 Å². The Kier molecular flexibility index (Phi) is 3.00. The number of fused-ring (bicyclic) bond motifs is 1. The molecule has 0 spiro atoms. The number of aryl methyl sites for hydroxylation is 2. The molecule has 0 fully saturated rings. The number of rotatable bonds is 2. The molecule has 6 nitrogen and oxygen atoms in total. The Hall–Kier alpha value is -1.85. The highest BCUT2D eigenvalue weighted by atomic mass is 15.4. The van der Waals surface area contributed by atoms with Crippen LogP contribution in [0.25, 0.3) is 0 Å². The van der Waals surface area contributed by atoms with Crippen molar-refractivity contribution in [1.29, 1.82) is 0 Å². The Bertz CT molecular complexity index is 562. The summed E-state index contributed by atoms with van der Waals surface area (Å²) >= 11 is 0. The molecule has 1 aliphatic heterocycles. The third-order valence-electron chi connectivity index (χ3n) is 3.86. The zero-order chi connectivity index (χ0) is 13.4. The van der Waals surface area contributed by atoms with Gasteiger partial charge in [0.2, 0.25) is 0 Å². The molecule has 1 aliphatic rings. The molecule has 0 radical (unpaired) electrons. The van der Waals surface area contributed by atoms with Gasteiger partial charge in [0.15, 0.2) is 5.82 Å². The summed E-state index contributed by atoms with van der Waals surface area (Å²) in [5, 5.41) is 13.1. The van der Waals surface area contributed by atoms with E-state index in [9.17, 15) is 0 Å². The molecule has 0 saturated heterocycles. The van der Waals surface area contributed by atoms with Crippen molar-refractivity contribution >= 4 is 5.69 Å². The first-order chi connectivity index (χ1) is 9.16. The van der Waals surface area contributed by atoms with Crippen LogP contribution in [0.4, 0.5) is 5.69 Å². The normalized spacial score (nSPS) is 16.9. The van der Waals surface area contributed by atoms with Crippen LogP contribution < -0.4 is 5.73 Å². The Morgan fingerprint density at radius 1 is 1.26 bits per heavy atom. The lowest BCUT2D eigenvalue weighted by Crippen LogP contribution is -2.15. The van der Waals surface area contributed by atoms with E-state index in [2.05, 4.69) is 26.8 Å². The van der Waals surface area contributed by atoms with Gasteiger partial charge in [-0.1, -0.05) is 6.42 Å². The van der Waals surface area contributed by atoms with E-state index in [1.54, 1.807) is 0 Å². The maximum atomic E-state index is 5.87. The SMILES string of the molecule is Cc1nn([C@@H](C)c2nnc3n2CCCCC3)cc1N. The van der Waals surface area contributed by atoms with Crippen molar-refractivity contribution < 1.29 is 0 Å². The Balaban J connectivity index is 1.95. The third-order valence-corrected chi connectivity index (χ3v) is 3.86. The molecule has 102 valence electrons. The number of aromatic nitrogens is 5. The average Bonchev–Trinajstić information content (AvgIpc) is 2.85. The Morgan fingerprint density at radius 3 is 2.84 bits per heavy atom. The fourth-order valence-corrected chi connectivity index (χ4v) is 2.63. The predicted molar refractivity (Wildman–Crippen MR) is 72.8 cm³/mol. The molecule has 2 N–H and O–H groups in total. The van der Waals surface area contributed by atoms with Gasteiger partial charge in [0.25, 0.3) is 0 Å². The van der Waals surface area contributed by atoms with Crippen LogP contribution in [0.3, 0.4) is 0 Å². The summed E-state index contributed by atoms with van der Waals surface area (Å²) in [5.41, 5.74) is 7.46. The molecule has 19 heavy (non-hydrogen) atoms. The molecule has 0 aromatic carbocycles. The van der Waals surface area contributed by atoms with Crippen LogP contribution in [0.2, 0.25) is 0 Å². The van der Waals surface area contributed by atoms with Crippen LogP contribution in [0, 0.1) is 6.92 Å². The molecular weight excluding hydrogens is 240 g/mol. The summed E-state index contributed by atoms with van der Waals surface area (Å²) in [6.07, 6.45) is 6.58. The zero-order valence-corrected chi connectivity index (χ0v) is 11.5. The average molecular weight is 260 g/mol. The number of nitrogen functional groups attached to an aromatic ring is 1. The zero-order valence-electron chi connectivity index (χ0n) is 11.5. The van der Waals surface area contributed by atoms with E-state index in [0.717, 1.165) is 36.0 Å². The van der Waals surface area contributed by atoms with Gasteiger partial charge < -0.3 is 10.3 Å². The van der Waals surface area contributed by atoms with E-state index < -0.39 is 0 Å². The topological polar surface area (TPSA) is 74.5 Å². The van der Waals surface area contributed by atoms with E-state index in [4.69, 9.17) is 5.73 Å². The molecule has 2 aromatic rings. The van der Waals surface area contributed by atoms with Crippen LogP contribution in [-0.4, -0.2) is 24.5 Å². The highest BCUT2D eigenvalue weighted by molar-refractivity contribution is 5.39. The molecule has 0 aliphatic carbocycles. The smallest absolute Gasteiger partial charge is 0.157 e. The molecule has 0 saturated carbocycles. The maximum Gasteiger partial charge on any atom is 0.157 e. The van der Waals surface area contributed by atoms with E-state index >= 15 is 0 Å². The van der Waals surface area contributed by atoms with Gasteiger partial charge in [-0.05, 0) is 26.7 Å². The predicted octanol–water partition coefficient (Wildman–Crippen LogP) is 1.70. The second-order valence-corrected chi connectivity index (χ2v) is 5.26. The van der Waals surface area contributed by atoms with Gasteiger partial charge in [-0.3, -0.25) is 4.68 Å². The quantitative estimate of drug-likeness (QED) is 0.891. The first-order valence-corrected chi connectivity index (χ1v) is 6.90. The molecule has 3 heterocycles. The lowest BCUT2D eigenvalue weighted by Gasteiger charge is -2.13. The summed E-state index contributed by atoms with van der Waals surface area (Å²) in [7, 11) is 0. The Morgan fingerprint density at radius 2 is 2.11 bits per heavy atom. The van der Waals surface area contributed by atoms with Crippen molar-refractivity contribution in [2.45, 2.75) is 52.1 Å². The Labute approximate surface area is 112 Å². The summed E-state index contributed by atoms with van der Waals surface area (Å²) in [5.74, 6) is 2.09. The van der Waals surface area contributed by atoms with Gasteiger partial charge in [0.05, 0.1) is 11.4 Å². The summed E-state index contributed by atoms with van der Waals surface area (Å²) in [4.78, 5) is 0. The largest absolute Gasteiger partial charge is 0.396 e. The number of nitrogens with two attached hydrogens (primary N) is 1. The standard InChI is InChI=1S/C13H20N6/c1-9-11(14)8-19(17-9)10(2)13-16-15-12-6-4-3-5-7-18(12)13/h8,10H,3-7,14H2,1-2H3/t10-/m0/s1. The van der Waals surface area contributed by atoms with Crippen molar-refractivity contribution in [3.05, 3.63) is 23.5 Å². The summed E-state index contributed by atoms with van der Waals surface area (Å²) < 4.78 is 4.14. The summed E-state index contributed by atoms with van der Waals surface area (Å²) in [6.45, 7) is 5.02. The summed E-state index contributed by atoms with van der Waals surface area (Å²) in [6, 6.07) is 0.0651. The molecule has 6 heteroatoms. The first kappa shape index (κ1) is 12.2. The first-order valence-electron chi connectivity index (χ1n) is 6.90. The third kappa shape index (κ3) is 2.11. The van der Waals surface area contributed by atoms with E-state index in [0.29, 0.717) is 0 Å². The van der Waals surface area contributed by atoms with E-state index in [-0.39, 0.29) is 6.04 Å². The lowest BCUT2D eigenvalue weighted by atomic mass is 10.2. The van der Waals surface area contributed by atoms with Gasteiger partial charge in [-0.25, -0.2) is 0 Å². The van der Waals surface area contributed by atoms with Gasteiger partial charge >= 0.3 is 0 Å². The molecule has 0 bridgehead atoms. The monoisotopic (exact) mass is 260 g/mol. The second-order valence-electron chi connectivity index (χ2n) is 5.26. The highest BCUT2D eigenvalue weighted by Crippen LogP contribution is 2.22. The highest BCUT2D eigenvalue weighted by Gasteiger charge is 2.21. The van der Waals surface area contributed by atoms with E-state index in [1.807, 2.05) is 17.8 Å².